The molecule has 3 heteroatoms. The third-order valence-corrected chi connectivity index (χ3v) is 5.19. The first-order valence-corrected chi connectivity index (χ1v) is 9.21. The minimum Gasteiger partial charge on any atom is -0.402 e. The van der Waals surface area contributed by atoms with Crippen LogP contribution in [0.3, 0.4) is 0 Å². The Morgan fingerprint density at radius 2 is 1.88 bits per heavy atom. The summed E-state index contributed by atoms with van der Waals surface area (Å²) in [4.78, 5) is 0. The number of nitrogens with zero attached hydrogens (tertiary/aromatic N) is 2. The predicted molar refractivity (Wildman–Crippen MR) is 101 cm³/mol. The minimum atomic E-state index is 0.914. The summed E-state index contributed by atoms with van der Waals surface area (Å²) in [6.07, 6.45) is 12.3. The number of aromatic nitrogens is 2. The molecule has 0 aromatic carbocycles. The molecule has 0 unspecified atom stereocenters. The molecule has 0 saturated heterocycles. The van der Waals surface area contributed by atoms with E-state index in [-0.39, 0.29) is 0 Å². The van der Waals surface area contributed by atoms with Crippen molar-refractivity contribution in [2.75, 3.05) is 0 Å². The van der Waals surface area contributed by atoms with Gasteiger partial charge in [-0.15, -0.1) is 0 Å². The molecule has 3 nitrogen and oxygen atoms in total. The number of hydrogen-bond acceptors (Lipinski definition) is 2. The fourth-order valence-electron chi connectivity index (χ4n) is 3.78. The SMILES string of the molecule is CC.CC1=CC=C(Cn2cc3c(n2)C2=C(CC3)CC(N)=C2C)CC1. The van der Waals surface area contributed by atoms with Crippen LogP contribution in [0.25, 0.3) is 5.57 Å². The van der Waals surface area contributed by atoms with Crippen LogP contribution in [-0.4, -0.2) is 9.78 Å². The first kappa shape index (κ1) is 16.8. The number of aryl methyl sites for hydroxylation is 1. The van der Waals surface area contributed by atoms with Crippen LogP contribution in [-0.2, 0) is 13.0 Å². The quantitative estimate of drug-likeness (QED) is 0.840. The van der Waals surface area contributed by atoms with Gasteiger partial charge in [-0.2, -0.15) is 5.10 Å². The molecule has 1 aromatic rings. The number of rotatable bonds is 2. The molecule has 0 aliphatic heterocycles. The van der Waals surface area contributed by atoms with E-state index in [1.807, 2.05) is 13.8 Å². The molecule has 24 heavy (non-hydrogen) atoms. The minimum absolute atomic E-state index is 0.914. The number of hydrogen-bond donors (Lipinski definition) is 1. The second-order valence-electron chi connectivity index (χ2n) is 6.84. The molecule has 0 radical (unpaired) electrons. The van der Waals surface area contributed by atoms with Crippen molar-refractivity contribution in [2.24, 2.45) is 5.73 Å². The van der Waals surface area contributed by atoms with Gasteiger partial charge in [-0.05, 0) is 56.2 Å². The van der Waals surface area contributed by atoms with E-state index in [2.05, 4.69) is 36.9 Å². The van der Waals surface area contributed by atoms with E-state index in [1.165, 1.54) is 45.5 Å². The molecule has 0 spiro atoms. The molecule has 0 fully saturated rings. The van der Waals surface area contributed by atoms with Crippen molar-refractivity contribution in [3.8, 4) is 0 Å². The lowest BCUT2D eigenvalue weighted by Gasteiger charge is -2.14. The van der Waals surface area contributed by atoms with Gasteiger partial charge in [0, 0.05) is 23.9 Å². The Kier molecular flexibility index (Phi) is 4.79. The van der Waals surface area contributed by atoms with Crippen molar-refractivity contribution in [2.45, 2.75) is 66.3 Å². The van der Waals surface area contributed by atoms with Crippen molar-refractivity contribution in [3.05, 3.63) is 57.6 Å². The molecule has 0 bridgehead atoms. The topological polar surface area (TPSA) is 43.8 Å². The van der Waals surface area contributed by atoms with E-state index in [0.717, 1.165) is 37.9 Å². The van der Waals surface area contributed by atoms with E-state index in [0.29, 0.717) is 0 Å². The number of fused-ring (bicyclic) bond motifs is 2. The van der Waals surface area contributed by atoms with Crippen molar-refractivity contribution >= 4 is 5.57 Å². The number of nitrogens with two attached hydrogens (primary N) is 1. The zero-order chi connectivity index (χ0) is 17.3. The van der Waals surface area contributed by atoms with Crippen LogP contribution in [0, 0.1) is 0 Å². The highest BCUT2D eigenvalue weighted by atomic mass is 15.3. The maximum atomic E-state index is 6.15. The Labute approximate surface area is 145 Å². The van der Waals surface area contributed by atoms with Crippen molar-refractivity contribution < 1.29 is 0 Å². The second-order valence-corrected chi connectivity index (χ2v) is 6.84. The van der Waals surface area contributed by atoms with Crippen molar-refractivity contribution in [1.29, 1.82) is 0 Å². The number of allylic oxidation sites excluding steroid dienone is 7. The Hall–Kier alpha value is -2.03. The van der Waals surface area contributed by atoms with Gasteiger partial charge in [0.15, 0.2) is 0 Å². The molecule has 0 amide bonds. The van der Waals surface area contributed by atoms with E-state index < -0.39 is 0 Å². The lowest BCUT2D eigenvalue weighted by Crippen LogP contribution is -2.05. The van der Waals surface area contributed by atoms with Gasteiger partial charge in [-0.3, -0.25) is 4.68 Å². The molecular formula is C21H29N3. The summed E-state index contributed by atoms with van der Waals surface area (Å²) in [5, 5.41) is 4.90. The highest BCUT2D eigenvalue weighted by Crippen LogP contribution is 2.42. The normalized spacial score (nSPS) is 19.3. The Bertz CT molecular complexity index is 769. The van der Waals surface area contributed by atoms with Gasteiger partial charge in [-0.1, -0.05) is 37.1 Å². The van der Waals surface area contributed by atoms with Crippen molar-refractivity contribution in [3.63, 3.8) is 0 Å². The molecule has 0 atom stereocenters. The fraction of sp³-hybridized carbons (Fsp3) is 0.476. The summed E-state index contributed by atoms with van der Waals surface area (Å²) in [6.45, 7) is 9.26. The molecule has 1 aromatic heterocycles. The summed E-state index contributed by atoms with van der Waals surface area (Å²) in [7, 11) is 0. The average Bonchev–Trinajstić information content (AvgIpc) is 3.12. The summed E-state index contributed by atoms with van der Waals surface area (Å²) in [6, 6.07) is 0. The van der Waals surface area contributed by atoms with Crippen molar-refractivity contribution in [1.82, 2.24) is 9.78 Å². The first-order valence-electron chi connectivity index (χ1n) is 9.21. The molecule has 4 rings (SSSR count). The smallest absolute Gasteiger partial charge is 0.0958 e. The lowest BCUT2D eigenvalue weighted by atomic mass is 9.90. The zero-order valence-corrected chi connectivity index (χ0v) is 15.4. The van der Waals surface area contributed by atoms with Gasteiger partial charge in [0.05, 0.1) is 12.2 Å². The summed E-state index contributed by atoms with van der Waals surface area (Å²) in [5.41, 5.74) is 16.8. The van der Waals surface area contributed by atoms with Gasteiger partial charge in [-0.25, -0.2) is 0 Å². The lowest BCUT2D eigenvalue weighted by molar-refractivity contribution is 0.648. The van der Waals surface area contributed by atoms with Crippen LogP contribution in [0.1, 0.15) is 64.6 Å². The van der Waals surface area contributed by atoms with Gasteiger partial charge in [0.25, 0.3) is 0 Å². The molecule has 2 N–H and O–H groups in total. The standard InChI is InChI=1S/C19H23N3.C2H6/c1-12-3-5-14(6-4-12)10-22-11-16-8-7-15-9-17(20)13(2)18(15)19(16)21-22;1-2/h3,5,11H,4,6-10,20H2,1-2H3;1-2H3. The van der Waals surface area contributed by atoms with Crippen LogP contribution < -0.4 is 5.73 Å². The first-order chi connectivity index (χ1) is 11.6. The van der Waals surface area contributed by atoms with Gasteiger partial charge in [0.1, 0.15) is 0 Å². The summed E-state index contributed by atoms with van der Waals surface area (Å²) in [5.74, 6) is 0. The summed E-state index contributed by atoms with van der Waals surface area (Å²) < 4.78 is 2.13. The maximum absolute atomic E-state index is 6.15. The Morgan fingerprint density at radius 3 is 2.58 bits per heavy atom. The van der Waals surface area contributed by atoms with Crippen LogP contribution in [0.2, 0.25) is 0 Å². The predicted octanol–water partition coefficient (Wildman–Crippen LogP) is 4.91. The monoisotopic (exact) mass is 323 g/mol. The van der Waals surface area contributed by atoms with Gasteiger partial charge >= 0.3 is 0 Å². The highest BCUT2D eigenvalue weighted by molar-refractivity contribution is 5.85. The molecular weight excluding hydrogens is 294 g/mol. The average molecular weight is 323 g/mol. The van der Waals surface area contributed by atoms with Gasteiger partial charge in [0.2, 0.25) is 0 Å². The molecule has 3 aliphatic carbocycles. The molecule has 1 heterocycles. The van der Waals surface area contributed by atoms with E-state index in [9.17, 15) is 0 Å². The fourth-order valence-corrected chi connectivity index (χ4v) is 3.78. The van der Waals surface area contributed by atoms with Gasteiger partial charge < -0.3 is 5.73 Å². The maximum Gasteiger partial charge on any atom is 0.0958 e. The third kappa shape index (κ3) is 3.00. The largest absolute Gasteiger partial charge is 0.402 e. The van der Waals surface area contributed by atoms with E-state index in [4.69, 9.17) is 10.8 Å². The highest BCUT2D eigenvalue weighted by Gasteiger charge is 2.28. The van der Waals surface area contributed by atoms with Crippen LogP contribution in [0.15, 0.2) is 46.3 Å². The molecule has 0 saturated carbocycles. The Balaban J connectivity index is 0.000000815. The molecule has 3 aliphatic rings. The zero-order valence-electron chi connectivity index (χ0n) is 15.4. The third-order valence-electron chi connectivity index (χ3n) is 5.19. The second kappa shape index (κ2) is 6.84. The van der Waals surface area contributed by atoms with E-state index >= 15 is 0 Å². The van der Waals surface area contributed by atoms with Crippen LogP contribution in [0.5, 0.6) is 0 Å². The van der Waals surface area contributed by atoms with E-state index in [1.54, 1.807) is 0 Å². The Morgan fingerprint density at radius 1 is 1.08 bits per heavy atom. The molecule has 128 valence electrons. The van der Waals surface area contributed by atoms with Crippen LogP contribution >= 0.6 is 0 Å². The summed E-state index contributed by atoms with van der Waals surface area (Å²) >= 11 is 0. The van der Waals surface area contributed by atoms with Crippen LogP contribution in [0.4, 0.5) is 0 Å².